The third-order valence-corrected chi connectivity index (χ3v) is 4.66. The van der Waals surface area contributed by atoms with E-state index < -0.39 is 36.1 Å². The van der Waals surface area contributed by atoms with Gasteiger partial charge >= 0.3 is 5.97 Å². The Labute approximate surface area is 159 Å². The number of nitrogens with one attached hydrogen (secondary N) is 2. The molecule has 6 nitrogen and oxygen atoms in total. The highest BCUT2D eigenvalue weighted by Gasteiger charge is 2.32. The Kier molecular flexibility index (Phi) is 5.41. The van der Waals surface area contributed by atoms with E-state index in [0.29, 0.717) is 11.3 Å². The second-order valence-corrected chi connectivity index (χ2v) is 6.63. The summed E-state index contributed by atoms with van der Waals surface area (Å²) in [6.45, 7) is 0. The van der Waals surface area contributed by atoms with Gasteiger partial charge in [0.05, 0.1) is 23.4 Å². The Morgan fingerprint density at radius 2 is 2.04 bits per heavy atom. The Bertz CT molecular complexity index is 918. The maximum Gasteiger partial charge on any atom is 0.305 e. The van der Waals surface area contributed by atoms with E-state index in [9.17, 15) is 18.8 Å². The van der Waals surface area contributed by atoms with Crippen molar-refractivity contribution in [1.82, 2.24) is 5.32 Å². The average Bonchev–Trinajstić information content (AvgIpc) is 2.62. The molecule has 1 heterocycles. The molecule has 0 bridgehead atoms. The molecular weight excluding hydrogens is 375 g/mol. The molecule has 140 valence electrons. The molecule has 0 spiro atoms. The Morgan fingerprint density at radius 3 is 2.74 bits per heavy atom. The first-order valence-electron chi connectivity index (χ1n) is 8.21. The number of amides is 2. The summed E-state index contributed by atoms with van der Waals surface area (Å²) >= 11 is 5.67. The first kappa shape index (κ1) is 18.8. The molecule has 2 amide bonds. The molecule has 3 rings (SSSR count). The van der Waals surface area contributed by atoms with Gasteiger partial charge in [0.2, 0.25) is 11.8 Å². The maximum atomic E-state index is 13.8. The number of fused-ring (bicyclic) bond motifs is 1. The summed E-state index contributed by atoms with van der Waals surface area (Å²) in [6, 6.07) is 9.81. The zero-order chi connectivity index (χ0) is 19.6. The number of halogens is 2. The summed E-state index contributed by atoms with van der Waals surface area (Å²) in [5, 5.41) is 14.4. The van der Waals surface area contributed by atoms with Gasteiger partial charge in [-0.15, -0.1) is 0 Å². The number of benzene rings is 2. The van der Waals surface area contributed by atoms with Crippen LogP contribution >= 0.6 is 11.6 Å². The topological polar surface area (TPSA) is 95.5 Å². The lowest BCUT2D eigenvalue weighted by Gasteiger charge is -2.27. The zero-order valence-corrected chi connectivity index (χ0v) is 14.8. The molecule has 2 atom stereocenters. The molecule has 0 aliphatic carbocycles. The monoisotopic (exact) mass is 390 g/mol. The van der Waals surface area contributed by atoms with Gasteiger partial charge in [-0.1, -0.05) is 35.9 Å². The van der Waals surface area contributed by atoms with E-state index in [1.54, 1.807) is 24.3 Å². The van der Waals surface area contributed by atoms with Crippen molar-refractivity contribution in [3.05, 3.63) is 64.4 Å². The fourth-order valence-corrected chi connectivity index (χ4v) is 3.19. The summed E-state index contributed by atoms with van der Waals surface area (Å²) in [4.78, 5) is 35.9. The summed E-state index contributed by atoms with van der Waals surface area (Å²) in [7, 11) is 0. The molecule has 3 N–H and O–H groups in total. The van der Waals surface area contributed by atoms with Gasteiger partial charge in [-0.3, -0.25) is 14.4 Å². The van der Waals surface area contributed by atoms with Gasteiger partial charge < -0.3 is 15.7 Å². The number of hydrogen-bond donors (Lipinski definition) is 3. The molecule has 1 aliphatic heterocycles. The molecule has 0 unspecified atom stereocenters. The third-order valence-electron chi connectivity index (χ3n) is 4.36. The van der Waals surface area contributed by atoms with Crippen LogP contribution in [0, 0.1) is 5.82 Å². The molecule has 1 aliphatic rings. The van der Waals surface area contributed by atoms with Crippen LogP contribution in [-0.2, 0) is 14.4 Å². The second kappa shape index (κ2) is 7.75. The molecule has 2 aromatic rings. The van der Waals surface area contributed by atoms with Gasteiger partial charge in [0.25, 0.3) is 0 Å². The van der Waals surface area contributed by atoms with E-state index in [-0.39, 0.29) is 22.9 Å². The van der Waals surface area contributed by atoms with E-state index in [1.165, 1.54) is 12.1 Å². The smallest absolute Gasteiger partial charge is 0.305 e. The van der Waals surface area contributed by atoms with Gasteiger partial charge in [0, 0.05) is 12.1 Å². The predicted molar refractivity (Wildman–Crippen MR) is 97.0 cm³/mol. The van der Waals surface area contributed by atoms with E-state index in [0.717, 1.165) is 6.07 Å². The van der Waals surface area contributed by atoms with Crippen molar-refractivity contribution < 1.29 is 23.9 Å². The lowest BCUT2D eigenvalue weighted by atomic mass is 9.89. The first-order valence-corrected chi connectivity index (χ1v) is 8.59. The van der Waals surface area contributed by atoms with E-state index in [4.69, 9.17) is 16.7 Å². The molecule has 0 saturated heterocycles. The largest absolute Gasteiger partial charge is 0.481 e. The number of para-hydroxylation sites is 1. The van der Waals surface area contributed by atoms with Gasteiger partial charge in [0.15, 0.2) is 0 Å². The van der Waals surface area contributed by atoms with Crippen molar-refractivity contribution in [3.8, 4) is 0 Å². The SMILES string of the molecule is O=C(O)C[C@H](NC(=O)[C@H]1CC(=O)Nc2ccccc21)c1ccc(Cl)c(F)c1. The lowest BCUT2D eigenvalue weighted by molar-refractivity contribution is -0.138. The predicted octanol–water partition coefficient (Wildman–Crippen LogP) is 3.24. The number of hydrogen-bond acceptors (Lipinski definition) is 3. The van der Waals surface area contributed by atoms with Gasteiger partial charge in [-0.2, -0.15) is 0 Å². The molecule has 0 radical (unpaired) electrons. The summed E-state index contributed by atoms with van der Waals surface area (Å²) in [6.07, 6.45) is -0.495. The highest BCUT2D eigenvalue weighted by atomic mass is 35.5. The highest BCUT2D eigenvalue weighted by Crippen LogP contribution is 2.33. The van der Waals surface area contributed by atoms with Crippen LogP contribution in [0.4, 0.5) is 10.1 Å². The van der Waals surface area contributed by atoms with Crippen LogP contribution in [0.3, 0.4) is 0 Å². The molecule has 0 aromatic heterocycles. The van der Waals surface area contributed by atoms with Crippen molar-refractivity contribution >= 4 is 35.1 Å². The maximum absolute atomic E-state index is 13.8. The van der Waals surface area contributed by atoms with E-state index in [2.05, 4.69) is 10.6 Å². The standard InChI is InChI=1S/C19H16ClFN2O4/c20-13-6-5-10(7-14(13)21)16(9-18(25)26)23-19(27)12-8-17(24)22-15-4-2-1-3-11(12)15/h1-7,12,16H,8-9H2,(H,22,24)(H,23,27)(H,25,26)/t12-,16-/m0/s1. The Hall–Kier alpha value is -2.93. The quantitative estimate of drug-likeness (QED) is 0.730. The van der Waals surface area contributed by atoms with Crippen LogP contribution in [-0.4, -0.2) is 22.9 Å². The van der Waals surface area contributed by atoms with Crippen LogP contribution in [0.5, 0.6) is 0 Å². The normalized spacial score (nSPS) is 16.8. The number of carboxylic acids is 1. The number of rotatable bonds is 5. The molecule has 8 heteroatoms. The highest BCUT2D eigenvalue weighted by molar-refractivity contribution is 6.30. The van der Waals surface area contributed by atoms with Crippen LogP contribution < -0.4 is 10.6 Å². The van der Waals surface area contributed by atoms with Crippen LogP contribution in [0.1, 0.15) is 35.9 Å². The average molecular weight is 391 g/mol. The number of anilines is 1. The summed E-state index contributed by atoms with van der Waals surface area (Å²) in [5.41, 5.74) is 1.47. The fourth-order valence-electron chi connectivity index (χ4n) is 3.07. The summed E-state index contributed by atoms with van der Waals surface area (Å²) < 4.78 is 13.8. The number of carbonyl (C=O) groups is 3. The van der Waals surface area contributed by atoms with Gasteiger partial charge in [0.1, 0.15) is 5.82 Å². The van der Waals surface area contributed by atoms with Gasteiger partial charge in [-0.25, -0.2) is 4.39 Å². The van der Waals surface area contributed by atoms with Gasteiger partial charge in [-0.05, 0) is 29.3 Å². The van der Waals surface area contributed by atoms with E-state index in [1.807, 2.05) is 0 Å². The Balaban J connectivity index is 1.87. The Morgan fingerprint density at radius 1 is 1.30 bits per heavy atom. The zero-order valence-electron chi connectivity index (χ0n) is 14.0. The molecular formula is C19H16ClFN2O4. The van der Waals surface area contributed by atoms with Crippen LogP contribution in [0.15, 0.2) is 42.5 Å². The minimum absolute atomic E-state index is 0.0579. The second-order valence-electron chi connectivity index (χ2n) is 6.22. The number of carboxylic acid groups (broad SMARTS) is 1. The third kappa shape index (κ3) is 4.25. The van der Waals surface area contributed by atoms with E-state index >= 15 is 0 Å². The summed E-state index contributed by atoms with van der Waals surface area (Å²) in [5.74, 6) is -3.43. The molecule has 0 saturated carbocycles. The minimum atomic E-state index is -1.16. The van der Waals surface area contributed by atoms with Crippen molar-refractivity contribution in [2.45, 2.75) is 24.8 Å². The van der Waals surface area contributed by atoms with Crippen molar-refractivity contribution in [3.63, 3.8) is 0 Å². The van der Waals surface area contributed by atoms with Crippen molar-refractivity contribution in [2.75, 3.05) is 5.32 Å². The molecule has 0 fully saturated rings. The lowest BCUT2D eigenvalue weighted by Crippen LogP contribution is -2.37. The van der Waals surface area contributed by atoms with Crippen molar-refractivity contribution in [2.24, 2.45) is 0 Å². The fraction of sp³-hybridized carbons (Fsp3) is 0.211. The first-order chi connectivity index (χ1) is 12.8. The number of aliphatic carboxylic acids is 1. The molecule has 2 aromatic carbocycles. The van der Waals surface area contributed by atoms with Crippen LogP contribution in [0.25, 0.3) is 0 Å². The minimum Gasteiger partial charge on any atom is -0.481 e. The molecule has 27 heavy (non-hydrogen) atoms. The number of carbonyl (C=O) groups excluding carboxylic acids is 2. The van der Waals surface area contributed by atoms with Crippen molar-refractivity contribution in [1.29, 1.82) is 0 Å². The van der Waals surface area contributed by atoms with Crippen LogP contribution in [0.2, 0.25) is 5.02 Å².